The Labute approximate surface area is 190 Å². The van der Waals surface area contributed by atoms with Crippen LogP contribution in [0.4, 0.5) is 18.3 Å². The first-order chi connectivity index (χ1) is 15.8. The van der Waals surface area contributed by atoms with E-state index in [-0.39, 0.29) is 38.2 Å². The van der Waals surface area contributed by atoms with Crippen molar-refractivity contribution < 1.29 is 26.3 Å². The van der Waals surface area contributed by atoms with Crippen molar-refractivity contribution in [2.45, 2.75) is 4.90 Å². The Hall–Kier alpha value is -3.95. The molecule has 0 atom stereocenters. The van der Waals surface area contributed by atoms with Crippen molar-refractivity contribution in [2.75, 3.05) is 4.72 Å². The van der Waals surface area contributed by atoms with Crippen molar-refractivity contribution in [2.24, 2.45) is 0 Å². The lowest BCUT2D eigenvalue weighted by atomic mass is 10.0. The summed E-state index contributed by atoms with van der Waals surface area (Å²) >= 11 is 0.836. The molecule has 0 saturated heterocycles. The lowest BCUT2D eigenvalue weighted by Gasteiger charge is -2.14. The molecule has 12 heteroatoms. The largest absolute Gasteiger partial charge is 0.455 e. The van der Waals surface area contributed by atoms with Crippen LogP contribution in [-0.2, 0) is 10.0 Å². The number of nitrogens with zero attached hydrogens (tertiary/aromatic N) is 3. The van der Waals surface area contributed by atoms with Gasteiger partial charge < -0.3 is 4.74 Å². The normalized spacial score (nSPS) is 11.1. The SMILES string of the molecule is N#Cc1cc(S(=O)(=O)Nc2ncns2)ccc1Oc1ccc(F)cc1-c1ccc(F)cc1F. The van der Waals surface area contributed by atoms with E-state index in [9.17, 15) is 26.9 Å². The van der Waals surface area contributed by atoms with Crippen LogP contribution in [0.2, 0.25) is 0 Å². The molecular weight excluding hydrogens is 477 g/mol. The first-order valence-electron chi connectivity index (χ1n) is 9.03. The van der Waals surface area contributed by atoms with Gasteiger partial charge in [-0.25, -0.2) is 26.6 Å². The summed E-state index contributed by atoms with van der Waals surface area (Å²) in [6.07, 6.45) is 1.18. The van der Waals surface area contributed by atoms with Crippen LogP contribution in [0.25, 0.3) is 11.1 Å². The average molecular weight is 488 g/mol. The van der Waals surface area contributed by atoms with Gasteiger partial charge >= 0.3 is 0 Å². The summed E-state index contributed by atoms with van der Waals surface area (Å²) in [6, 6.07) is 11.4. The molecule has 0 saturated carbocycles. The molecule has 33 heavy (non-hydrogen) atoms. The fraction of sp³-hybridized carbons (Fsp3) is 0. The zero-order valence-electron chi connectivity index (χ0n) is 16.3. The third-order valence-electron chi connectivity index (χ3n) is 4.35. The summed E-state index contributed by atoms with van der Waals surface area (Å²) in [7, 11) is -4.06. The molecule has 4 aromatic rings. The topological polar surface area (TPSA) is 105 Å². The van der Waals surface area contributed by atoms with Gasteiger partial charge in [0.05, 0.1) is 10.5 Å². The van der Waals surface area contributed by atoms with Crippen molar-refractivity contribution >= 4 is 26.7 Å². The fourth-order valence-electron chi connectivity index (χ4n) is 2.87. The average Bonchev–Trinajstić information content (AvgIpc) is 3.27. The highest BCUT2D eigenvalue weighted by Crippen LogP contribution is 2.37. The zero-order chi connectivity index (χ0) is 23.6. The minimum Gasteiger partial charge on any atom is -0.455 e. The molecule has 0 amide bonds. The Kier molecular flexibility index (Phi) is 5.99. The number of hydrogen-bond acceptors (Lipinski definition) is 7. The Morgan fingerprint density at radius 3 is 2.36 bits per heavy atom. The van der Waals surface area contributed by atoms with Gasteiger partial charge in [0.2, 0.25) is 5.13 Å². The van der Waals surface area contributed by atoms with Crippen LogP contribution in [0, 0.1) is 28.8 Å². The van der Waals surface area contributed by atoms with E-state index in [0.29, 0.717) is 6.07 Å². The van der Waals surface area contributed by atoms with E-state index in [1.807, 2.05) is 6.07 Å². The Balaban J connectivity index is 1.71. The first-order valence-corrected chi connectivity index (χ1v) is 11.3. The van der Waals surface area contributed by atoms with Gasteiger partial charge in [0.1, 0.15) is 41.3 Å². The number of anilines is 1. The molecular formula is C21H11F3N4O3S2. The Bertz CT molecular complexity index is 1490. The molecule has 1 aromatic heterocycles. The highest BCUT2D eigenvalue weighted by molar-refractivity contribution is 7.93. The van der Waals surface area contributed by atoms with Crippen molar-refractivity contribution in [3.05, 3.63) is 83.9 Å². The second kappa shape index (κ2) is 8.89. The summed E-state index contributed by atoms with van der Waals surface area (Å²) in [4.78, 5) is 3.51. The highest BCUT2D eigenvalue weighted by Gasteiger charge is 2.20. The molecule has 0 fully saturated rings. The van der Waals surface area contributed by atoms with Crippen LogP contribution in [0.5, 0.6) is 11.5 Å². The first kappa shape index (κ1) is 22.3. The van der Waals surface area contributed by atoms with Gasteiger partial charge in [-0.05, 0) is 48.5 Å². The predicted molar refractivity (Wildman–Crippen MR) is 114 cm³/mol. The smallest absolute Gasteiger partial charge is 0.263 e. The quantitative estimate of drug-likeness (QED) is 0.406. The minimum absolute atomic E-state index is 0.0222. The standard InChI is InChI=1S/C21H11F3N4O3S2/c22-13-2-5-20(17(8-13)16-4-1-14(23)9-18(16)24)31-19-6-3-15(7-12(19)10-25)33(29,30)28-21-26-11-27-32-21/h1-9,11H,(H,26,27,28). The van der Waals surface area contributed by atoms with Gasteiger partial charge in [-0.3, -0.25) is 4.72 Å². The maximum absolute atomic E-state index is 14.3. The van der Waals surface area contributed by atoms with E-state index in [1.165, 1.54) is 24.5 Å². The van der Waals surface area contributed by atoms with Gasteiger partial charge in [-0.1, -0.05) is 0 Å². The molecule has 166 valence electrons. The molecule has 0 aliphatic carbocycles. The van der Waals surface area contributed by atoms with Crippen LogP contribution >= 0.6 is 11.5 Å². The summed E-state index contributed by atoms with van der Waals surface area (Å²) in [5.41, 5.74) is -0.291. The minimum atomic E-state index is -4.06. The molecule has 0 aliphatic rings. The van der Waals surface area contributed by atoms with Crippen molar-refractivity contribution in [3.8, 4) is 28.7 Å². The molecule has 4 rings (SSSR count). The van der Waals surface area contributed by atoms with E-state index in [2.05, 4.69) is 14.1 Å². The third-order valence-corrected chi connectivity index (χ3v) is 6.39. The van der Waals surface area contributed by atoms with Gasteiger partial charge in [-0.2, -0.15) is 9.64 Å². The number of halogens is 3. The van der Waals surface area contributed by atoms with Crippen LogP contribution < -0.4 is 9.46 Å². The zero-order valence-corrected chi connectivity index (χ0v) is 17.9. The number of ether oxygens (including phenoxy) is 1. The molecule has 0 aliphatic heterocycles. The summed E-state index contributed by atoms with van der Waals surface area (Å²) in [6.45, 7) is 0. The van der Waals surface area contributed by atoms with Gasteiger partial charge in [0.15, 0.2) is 0 Å². The number of nitriles is 1. The van der Waals surface area contributed by atoms with Gasteiger partial charge in [-0.15, -0.1) is 0 Å². The molecule has 3 aromatic carbocycles. The molecule has 7 nitrogen and oxygen atoms in total. The van der Waals surface area contributed by atoms with Gasteiger partial charge in [0.25, 0.3) is 10.0 Å². The maximum Gasteiger partial charge on any atom is 0.263 e. The van der Waals surface area contributed by atoms with Crippen molar-refractivity contribution in [1.82, 2.24) is 9.36 Å². The second-order valence-electron chi connectivity index (χ2n) is 6.49. The lowest BCUT2D eigenvalue weighted by Crippen LogP contribution is -2.13. The maximum atomic E-state index is 14.3. The van der Waals surface area contributed by atoms with Crippen LogP contribution in [-0.4, -0.2) is 17.8 Å². The predicted octanol–water partition coefficient (Wildman–Crippen LogP) is 5.09. The molecule has 1 heterocycles. The van der Waals surface area contributed by atoms with E-state index < -0.39 is 27.5 Å². The number of sulfonamides is 1. The summed E-state index contributed by atoms with van der Waals surface area (Å²) in [5, 5.41) is 9.57. The molecule has 0 bridgehead atoms. The molecule has 0 radical (unpaired) electrons. The van der Waals surface area contributed by atoms with Crippen LogP contribution in [0.15, 0.2) is 65.8 Å². The van der Waals surface area contributed by atoms with E-state index in [4.69, 9.17) is 4.74 Å². The number of aromatic nitrogens is 2. The van der Waals surface area contributed by atoms with E-state index >= 15 is 0 Å². The van der Waals surface area contributed by atoms with E-state index in [1.54, 1.807) is 0 Å². The summed E-state index contributed by atoms with van der Waals surface area (Å²) in [5.74, 6) is -2.51. The number of hydrogen-bond donors (Lipinski definition) is 1. The number of rotatable bonds is 6. The van der Waals surface area contributed by atoms with E-state index in [0.717, 1.165) is 41.9 Å². The molecule has 1 N–H and O–H groups in total. The monoisotopic (exact) mass is 488 g/mol. The van der Waals surface area contributed by atoms with Gasteiger partial charge in [0, 0.05) is 28.7 Å². The van der Waals surface area contributed by atoms with Crippen molar-refractivity contribution in [3.63, 3.8) is 0 Å². The fourth-order valence-corrected chi connectivity index (χ4v) is 4.56. The Morgan fingerprint density at radius 2 is 1.67 bits per heavy atom. The lowest BCUT2D eigenvalue weighted by molar-refractivity contribution is 0.479. The number of benzene rings is 3. The second-order valence-corrected chi connectivity index (χ2v) is 8.95. The molecule has 0 spiro atoms. The highest BCUT2D eigenvalue weighted by atomic mass is 32.2. The van der Waals surface area contributed by atoms with Crippen molar-refractivity contribution in [1.29, 1.82) is 5.26 Å². The Morgan fingerprint density at radius 1 is 0.939 bits per heavy atom. The number of nitrogens with one attached hydrogen (secondary N) is 1. The van der Waals surface area contributed by atoms with Crippen LogP contribution in [0.1, 0.15) is 5.56 Å². The third kappa shape index (κ3) is 4.79. The molecule has 0 unspecified atom stereocenters. The van der Waals surface area contributed by atoms with Crippen LogP contribution in [0.3, 0.4) is 0 Å². The summed E-state index contributed by atoms with van der Waals surface area (Å²) < 4.78 is 78.2.